The molecule has 0 radical (unpaired) electrons. The van der Waals surface area contributed by atoms with E-state index in [0.29, 0.717) is 36.7 Å². The molecule has 9 heteroatoms. The van der Waals surface area contributed by atoms with Crippen LogP contribution in [0.4, 0.5) is 0 Å². The molecule has 45 heavy (non-hydrogen) atoms. The molecule has 2 N–H and O–H groups in total. The maximum Gasteiger partial charge on any atom is 0.270 e. The molecule has 2 aliphatic rings. The molecule has 3 heterocycles. The van der Waals surface area contributed by atoms with E-state index in [-0.39, 0.29) is 24.6 Å². The van der Waals surface area contributed by atoms with Crippen molar-refractivity contribution in [1.82, 2.24) is 24.4 Å². The van der Waals surface area contributed by atoms with E-state index in [4.69, 9.17) is 4.98 Å². The Balaban J connectivity index is 1.45. The van der Waals surface area contributed by atoms with Gasteiger partial charge in [0.1, 0.15) is 5.69 Å². The Hall–Kier alpha value is -3.39. The van der Waals surface area contributed by atoms with Crippen LogP contribution in [0.3, 0.4) is 0 Å². The molecule has 5 rings (SSSR count). The number of hydrogen-bond donors (Lipinski definition) is 2. The lowest BCUT2D eigenvalue weighted by Crippen LogP contribution is -2.37. The van der Waals surface area contributed by atoms with E-state index in [2.05, 4.69) is 53.2 Å². The number of aliphatic hydroxyl groups excluding tert-OH is 1. The highest BCUT2D eigenvalue weighted by Crippen LogP contribution is 2.42. The predicted molar refractivity (Wildman–Crippen MR) is 181 cm³/mol. The van der Waals surface area contributed by atoms with Gasteiger partial charge in [0.2, 0.25) is 0 Å². The predicted octanol–water partition coefficient (Wildman–Crippen LogP) is 4.37. The highest BCUT2D eigenvalue weighted by atomic mass is 32.2. The Bertz CT molecular complexity index is 1550. The highest BCUT2D eigenvalue weighted by Gasteiger charge is 2.37. The van der Waals surface area contributed by atoms with Gasteiger partial charge in [0.05, 0.1) is 29.3 Å². The fourth-order valence-electron chi connectivity index (χ4n) is 6.12. The molecular weight excluding hydrogens is 582 g/mol. The molecule has 1 unspecified atom stereocenters. The van der Waals surface area contributed by atoms with Gasteiger partial charge in [-0.05, 0) is 62.7 Å². The quantitative estimate of drug-likeness (QED) is 0.290. The summed E-state index contributed by atoms with van der Waals surface area (Å²) >= 11 is 0. The molecule has 3 aromatic rings. The van der Waals surface area contributed by atoms with E-state index in [9.17, 15) is 14.1 Å². The van der Waals surface area contributed by atoms with E-state index in [1.165, 1.54) is 5.56 Å². The van der Waals surface area contributed by atoms with Gasteiger partial charge >= 0.3 is 0 Å². The van der Waals surface area contributed by atoms with E-state index < -0.39 is 11.0 Å². The van der Waals surface area contributed by atoms with Crippen molar-refractivity contribution >= 4 is 16.9 Å². The number of unbranched alkanes of at least 4 members (excludes halogenated alkanes) is 1. The fourth-order valence-corrected chi connectivity index (χ4v) is 7.67. The van der Waals surface area contributed by atoms with Gasteiger partial charge in [0.25, 0.3) is 5.91 Å². The van der Waals surface area contributed by atoms with E-state index in [0.717, 1.165) is 61.2 Å². The van der Waals surface area contributed by atoms with Gasteiger partial charge in [0, 0.05) is 61.3 Å². The number of pyridine rings is 1. The molecule has 2 aromatic carbocycles. The van der Waals surface area contributed by atoms with Crippen LogP contribution in [-0.4, -0.2) is 86.4 Å². The van der Waals surface area contributed by atoms with Crippen LogP contribution in [0.5, 0.6) is 0 Å². The number of fused-ring (bicyclic) bond motifs is 1. The van der Waals surface area contributed by atoms with Crippen LogP contribution in [0.15, 0.2) is 60.7 Å². The molecule has 1 saturated heterocycles. The van der Waals surface area contributed by atoms with Gasteiger partial charge in [-0.1, -0.05) is 67.6 Å². The first-order chi connectivity index (χ1) is 21.9. The zero-order chi connectivity index (χ0) is 31.8. The summed E-state index contributed by atoms with van der Waals surface area (Å²) in [5, 5.41) is 13.3. The van der Waals surface area contributed by atoms with Crippen LogP contribution in [0.25, 0.3) is 11.3 Å². The molecule has 1 amide bonds. The number of benzene rings is 2. The minimum Gasteiger partial charge on any atom is -0.396 e. The maximum absolute atomic E-state index is 13.8. The summed E-state index contributed by atoms with van der Waals surface area (Å²) in [6, 6.07) is 20.0. The number of likely N-dealkylation sites (tertiary alicyclic amines) is 1. The summed E-state index contributed by atoms with van der Waals surface area (Å²) in [7, 11) is 2.76. The number of aliphatic hydroxyl groups is 1. The lowest BCUT2D eigenvalue weighted by molar-refractivity contribution is 0.0932. The van der Waals surface area contributed by atoms with Crippen molar-refractivity contribution < 1.29 is 14.1 Å². The summed E-state index contributed by atoms with van der Waals surface area (Å²) in [6.45, 7) is 5.72. The van der Waals surface area contributed by atoms with Crippen LogP contribution < -0.4 is 5.32 Å². The van der Waals surface area contributed by atoms with Crippen LogP contribution in [-0.2, 0) is 24.1 Å². The van der Waals surface area contributed by atoms with Crippen LogP contribution in [0.1, 0.15) is 71.4 Å². The summed E-state index contributed by atoms with van der Waals surface area (Å²) in [4.78, 5) is 23.1. The van der Waals surface area contributed by atoms with Gasteiger partial charge in [-0.15, -0.1) is 0 Å². The van der Waals surface area contributed by atoms with Crippen molar-refractivity contribution in [3.8, 4) is 23.1 Å². The molecule has 238 valence electrons. The van der Waals surface area contributed by atoms with E-state index in [1.807, 2.05) is 59.7 Å². The van der Waals surface area contributed by atoms with Crippen molar-refractivity contribution in [2.75, 3.05) is 46.1 Å². The first kappa shape index (κ1) is 33.0. The largest absolute Gasteiger partial charge is 0.396 e. The van der Waals surface area contributed by atoms with Crippen molar-refractivity contribution in [3.05, 3.63) is 88.6 Å². The second-order valence-electron chi connectivity index (χ2n) is 12.2. The topological polar surface area (TPSA) is 89.0 Å². The number of aromatic nitrogens is 1. The third-order valence-corrected chi connectivity index (χ3v) is 9.89. The monoisotopic (exact) mass is 627 g/mol. The molecule has 0 saturated carbocycles. The maximum atomic E-state index is 13.8. The minimum absolute atomic E-state index is 0.0372. The Kier molecular flexibility index (Phi) is 11.5. The number of carbonyl (C=O) groups excluding carboxylic acids is 1. The Labute approximate surface area is 270 Å². The molecular formula is C36H45N5O3S. The molecule has 1 fully saturated rings. The van der Waals surface area contributed by atoms with Crippen LogP contribution >= 0.6 is 0 Å². The molecule has 0 bridgehead atoms. The van der Waals surface area contributed by atoms with Gasteiger partial charge in [-0.2, -0.15) is 0 Å². The SMILES string of the molecule is CCCCS(=O)N1Cc2cc(C(=O)N[C@@H]3CCN(Cc4ccccc4)C3)nc(-c3cccc(C#CCN(C)C)c3)c2[C@H]1CCO. The second-order valence-corrected chi connectivity index (χ2v) is 13.7. The summed E-state index contributed by atoms with van der Waals surface area (Å²) in [5.74, 6) is 6.82. The first-order valence-electron chi connectivity index (χ1n) is 16.0. The molecule has 3 atom stereocenters. The smallest absolute Gasteiger partial charge is 0.270 e. The molecule has 2 aliphatic heterocycles. The zero-order valence-corrected chi connectivity index (χ0v) is 27.5. The van der Waals surface area contributed by atoms with Crippen molar-refractivity contribution in [1.29, 1.82) is 0 Å². The van der Waals surface area contributed by atoms with Crippen molar-refractivity contribution in [2.45, 2.75) is 57.8 Å². The third kappa shape index (κ3) is 8.46. The van der Waals surface area contributed by atoms with Gasteiger partial charge < -0.3 is 10.4 Å². The van der Waals surface area contributed by atoms with Crippen molar-refractivity contribution in [3.63, 3.8) is 0 Å². The third-order valence-electron chi connectivity index (χ3n) is 8.34. The second kappa shape index (κ2) is 15.7. The van der Waals surface area contributed by atoms with E-state index in [1.54, 1.807) is 0 Å². The lowest BCUT2D eigenvalue weighted by Gasteiger charge is -2.24. The Morgan fingerprint density at radius 3 is 2.73 bits per heavy atom. The number of amides is 1. The standard InChI is InChI=1S/C36H45N5O3S/c1-4-5-21-45(44)41-25-30-23-32(36(43)37-31-16-19-40(26-31)24-28-11-7-6-8-12-28)38-35(34(30)33(41)17-20-42)29-15-9-13-27(22-29)14-10-18-39(2)3/h6-9,11-13,15,22-23,31,33,42H,4-5,16-21,24-26H2,1-3H3,(H,37,43)/t31-,33-,45?/m1/s1. The zero-order valence-electron chi connectivity index (χ0n) is 26.7. The number of nitrogens with zero attached hydrogens (tertiary/aromatic N) is 4. The van der Waals surface area contributed by atoms with E-state index >= 15 is 0 Å². The fraction of sp³-hybridized carbons (Fsp3) is 0.444. The Morgan fingerprint density at radius 2 is 1.98 bits per heavy atom. The lowest BCUT2D eigenvalue weighted by atomic mass is 9.95. The molecule has 1 aromatic heterocycles. The van der Waals surface area contributed by atoms with Gasteiger partial charge in [-0.25, -0.2) is 13.5 Å². The van der Waals surface area contributed by atoms with Crippen molar-refractivity contribution in [2.24, 2.45) is 0 Å². The normalized spacial score (nSPS) is 18.9. The number of rotatable bonds is 12. The highest BCUT2D eigenvalue weighted by molar-refractivity contribution is 7.82. The average molecular weight is 628 g/mol. The summed E-state index contributed by atoms with van der Waals surface area (Å²) < 4.78 is 15.4. The minimum atomic E-state index is -1.21. The molecule has 8 nitrogen and oxygen atoms in total. The molecule has 0 spiro atoms. The number of nitrogens with one attached hydrogen (secondary N) is 1. The number of hydrogen-bond acceptors (Lipinski definition) is 6. The first-order valence-corrected chi connectivity index (χ1v) is 17.2. The summed E-state index contributed by atoms with van der Waals surface area (Å²) in [6.07, 6.45) is 3.14. The van der Waals surface area contributed by atoms with Gasteiger partial charge in [-0.3, -0.25) is 14.6 Å². The van der Waals surface area contributed by atoms with Crippen LogP contribution in [0, 0.1) is 11.8 Å². The van der Waals surface area contributed by atoms with Gasteiger partial charge in [0.15, 0.2) is 0 Å². The average Bonchev–Trinajstić information content (AvgIpc) is 3.64. The van der Waals surface area contributed by atoms with Crippen LogP contribution in [0.2, 0.25) is 0 Å². The summed E-state index contributed by atoms with van der Waals surface area (Å²) in [5.41, 5.74) is 5.92. The Morgan fingerprint density at radius 1 is 1.16 bits per heavy atom. The molecule has 0 aliphatic carbocycles. The number of carbonyl (C=O) groups is 1.